The number of thioether (sulfide) groups is 2. The van der Waals surface area contributed by atoms with Gasteiger partial charge in [0.15, 0.2) is 0 Å². The van der Waals surface area contributed by atoms with Gasteiger partial charge in [-0.15, -0.1) is 11.8 Å². The molecule has 2 nitrogen and oxygen atoms in total. The number of aryl methyl sites for hydroxylation is 1. The van der Waals surface area contributed by atoms with Crippen molar-refractivity contribution in [2.24, 2.45) is 0 Å². The quantitative estimate of drug-likeness (QED) is 0.917. The van der Waals surface area contributed by atoms with Crippen molar-refractivity contribution < 1.29 is 4.79 Å². The van der Waals surface area contributed by atoms with E-state index in [1.807, 2.05) is 11.8 Å². The number of amides is 1. The summed E-state index contributed by atoms with van der Waals surface area (Å²) in [7, 11) is 0. The molecule has 1 aliphatic rings. The largest absolute Gasteiger partial charge is 0.325 e. The van der Waals surface area contributed by atoms with Gasteiger partial charge in [-0.1, -0.05) is 32.0 Å². The van der Waals surface area contributed by atoms with Gasteiger partial charge in [-0.3, -0.25) is 4.79 Å². The van der Waals surface area contributed by atoms with E-state index in [0.29, 0.717) is 5.92 Å². The SMILES string of the molecule is Cc1cccc(C(C)C)c1NC(=O)C1CSCCS1. The van der Waals surface area contributed by atoms with Gasteiger partial charge in [-0.05, 0) is 24.0 Å². The van der Waals surface area contributed by atoms with E-state index in [9.17, 15) is 4.79 Å². The smallest absolute Gasteiger partial charge is 0.238 e. The fourth-order valence-corrected chi connectivity index (χ4v) is 4.74. The predicted octanol–water partition coefficient (Wildman–Crippen LogP) is 3.91. The van der Waals surface area contributed by atoms with Crippen molar-refractivity contribution in [3.05, 3.63) is 29.3 Å². The first kappa shape index (κ1) is 14.8. The second-order valence-corrected chi connectivity index (χ2v) is 7.58. The Morgan fingerprint density at radius 1 is 1.37 bits per heavy atom. The van der Waals surface area contributed by atoms with Gasteiger partial charge >= 0.3 is 0 Å². The van der Waals surface area contributed by atoms with Gasteiger partial charge in [-0.2, -0.15) is 11.8 Å². The highest BCUT2D eigenvalue weighted by atomic mass is 32.2. The van der Waals surface area contributed by atoms with Crippen LogP contribution in [-0.2, 0) is 4.79 Å². The fraction of sp³-hybridized carbons (Fsp3) is 0.533. The highest BCUT2D eigenvalue weighted by molar-refractivity contribution is 8.07. The lowest BCUT2D eigenvalue weighted by Crippen LogP contribution is -2.30. The lowest BCUT2D eigenvalue weighted by molar-refractivity contribution is -0.115. The molecule has 1 aromatic carbocycles. The maximum atomic E-state index is 12.3. The van der Waals surface area contributed by atoms with Gasteiger partial charge in [0.05, 0.1) is 5.25 Å². The minimum Gasteiger partial charge on any atom is -0.325 e. The molecule has 0 bridgehead atoms. The van der Waals surface area contributed by atoms with Crippen LogP contribution < -0.4 is 5.32 Å². The van der Waals surface area contributed by atoms with Gasteiger partial charge in [0.25, 0.3) is 0 Å². The van der Waals surface area contributed by atoms with Gasteiger partial charge < -0.3 is 5.32 Å². The molecule has 1 N–H and O–H groups in total. The normalized spacial score (nSPS) is 19.5. The summed E-state index contributed by atoms with van der Waals surface area (Å²) in [4.78, 5) is 12.3. The van der Waals surface area contributed by atoms with Crippen LogP contribution in [0.4, 0.5) is 5.69 Å². The summed E-state index contributed by atoms with van der Waals surface area (Å²) in [6.45, 7) is 6.38. The van der Waals surface area contributed by atoms with Crippen molar-refractivity contribution in [3.63, 3.8) is 0 Å². The Balaban J connectivity index is 2.15. The second kappa shape index (κ2) is 6.71. The Kier molecular flexibility index (Phi) is 5.22. The van der Waals surface area contributed by atoms with E-state index in [0.717, 1.165) is 28.5 Å². The van der Waals surface area contributed by atoms with Crippen LogP contribution in [0.3, 0.4) is 0 Å². The zero-order valence-corrected chi connectivity index (χ0v) is 13.4. The number of para-hydroxylation sites is 1. The molecular formula is C15H21NOS2. The summed E-state index contributed by atoms with van der Waals surface area (Å²) in [6, 6.07) is 6.23. The molecule has 1 aromatic rings. The first-order valence-corrected chi connectivity index (χ1v) is 8.89. The van der Waals surface area contributed by atoms with E-state index in [1.165, 1.54) is 5.56 Å². The zero-order chi connectivity index (χ0) is 13.8. The van der Waals surface area contributed by atoms with Crippen LogP contribution in [0.2, 0.25) is 0 Å². The molecule has 0 aliphatic carbocycles. The van der Waals surface area contributed by atoms with Gasteiger partial charge in [-0.25, -0.2) is 0 Å². The monoisotopic (exact) mass is 295 g/mol. The molecule has 0 aromatic heterocycles. The van der Waals surface area contributed by atoms with Crippen molar-refractivity contribution in [3.8, 4) is 0 Å². The zero-order valence-electron chi connectivity index (χ0n) is 11.7. The number of hydrogen-bond acceptors (Lipinski definition) is 3. The minimum atomic E-state index is 0.0957. The molecule has 4 heteroatoms. The predicted molar refractivity (Wildman–Crippen MR) is 87.5 cm³/mol. The van der Waals surface area contributed by atoms with Crippen LogP contribution in [-0.4, -0.2) is 28.4 Å². The first-order chi connectivity index (χ1) is 9.09. The summed E-state index contributed by atoms with van der Waals surface area (Å²) in [6.07, 6.45) is 0. The third kappa shape index (κ3) is 3.69. The van der Waals surface area contributed by atoms with E-state index in [2.05, 4.69) is 44.3 Å². The maximum Gasteiger partial charge on any atom is 0.238 e. The number of carbonyl (C=O) groups is 1. The Bertz CT molecular complexity index is 453. The van der Waals surface area contributed by atoms with Crippen molar-refractivity contribution >= 4 is 35.1 Å². The highest BCUT2D eigenvalue weighted by Gasteiger charge is 2.23. The van der Waals surface area contributed by atoms with Gasteiger partial charge in [0, 0.05) is 22.9 Å². The van der Waals surface area contributed by atoms with Crippen LogP contribution in [0.15, 0.2) is 18.2 Å². The Hall–Kier alpha value is -0.610. The fourth-order valence-electron chi connectivity index (χ4n) is 2.19. The molecule has 1 heterocycles. The van der Waals surface area contributed by atoms with Gasteiger partial charge in [0.2, 0.25) is 5.91 Å². The Morgan fingerprint density at radius 2 is 2.16 bits per heavy atom. The maximum absolute atomic E-state index is 12.3. The van der Waals surface area contributed by atoms with E-state index < -0.39 is 0 Å². The minimum absolute atomic E-state index is 0.0957. The van der Waals surface area contributed by atoms with E-state index in [4.69, 9.17) is 0 Å². The third-order valence-corrected chi connectivity index (χ3v) is 6.04. The molecule has 1 amide bonds. The van der Waals surface area contributed by atoms with Crippen molar-refractivity contribution in [1.29, 1.82) is 0 Å². The molecule has 0 spiro atoms. The lowest BCUT2D eigenvalue weighted by atomic mass is 9.98. The molecule has 19 heavy (non-hydrogen) atoms. The molecular weight excluding hydrogens is 274 g/mol. The van der Waals surface area contributed by atoms with Crippen LogP contribution in [0.25, 0.3) is 0 Å². The van der Waals surface area contributed by atoms with Crippen LogP contribution in [0, 0.1) is 6.92 Å². The highest BCUT2D eigenvalue weighted by Crippen LogP contribution is 2.30. The van der Waals surface area contributed by atoms with Gasteiger partial charge in [0.1, 0.15) is 0 Å². The number of rotatable bonds is 3. The molecule has 0 saturated carbocycles. The number of anilines is 1. The summed E-state index contributed by atoms with van der Waals surface area (Å²) < 4.78 is 0. The topological polar surface area (TPSA) is 29.1 Å². The summed E-state index contributed by atoms with van der Waals surface area (Å²) in [5.74, 6) is 3.75. The van der Waals surface area contributed by atoms with Crippen molar-refractivity contribution in [2.75, 3.05) is 22.6 Å². The lowest BCUT2D eigenvalue weighted by Gasteiger charge is -2.22. The standard InChI is InChI=1S/C15H21NOS2/c1-10(2)12-6-4-5-11(3)14(12)16-15(17)13-9-18-7-8-19-13/h4-6,10,13H,7-9H2,1-3H3,(H,16,17). The molecule has 2 rings (SSSR count). The molecule has 1 atom stereocenters. The number of nitrogens with one attached hydrogen (secondary N) is 1. The summed E-state index contributed by atoms with van der Waals surface area (Å²) in [5, 5.41) is 3.25. The second-order valence-electron chi connectivity index (χ2n) is 5.12. The number of carbonyl (C=O) groups excluding carboxylic acids is 1. The molecule has 1 fully saturated rings. The molecule has 0 radical (unpaired) electrons. The molecule has 1 aliphatic heterocycles. The van der Waals surface area contributed by atoms with E-state index in [-0.39, 0.29) is 11.2 Å². The Morgan fingerprint density at radius 3 is 2.79 bits per heavy atom. The van der Waals surface area contributed by atoms with Crippen molar-refractivity contribution in [1.82, 2.24) is 0 Å². The van der Waals surface area contributed by atoms with Crippen LogP contribution >= 0.6 is 23.5 Å². The molecule has 1 saturated heterocycles. The number of benzene rings is 1. The summed E-state index contributed by atoms with van der Waals surface area (Å²) >= 11 is 3.65. The molecule has 104 valence electrons. The molecule has 1 unspecified atom stereocenters. The van der Waals surface area contributed by atoms with E-state index in [1.54, 1.807) is 11.8 Å². The summed E-state index contributed by atoms with van der Waals surface area (Å²) in [5.41, 5.74) is 3.38. The first-order valence-electron chi connectivity index (χ1n) is 6.69. The van der Waals surface area contributed by atoms with E-state index >= 15 is 0 Å². The Labute approximate surface area is 124 Å². The third-order valence-electron chi connectivity index (χ3n) is 3.28. The van der Waals surface area contributed by atoms with Crippen LogP contribution in [0.1, 0.15) is 30.9 Å². The average molecular weight is 295 g/mol. The van der Waals surface area contributed by atoms with Crippen LogP contribution in [0.5, 0.6) is 0 Å². The van der Waals surface area contributed by atoms with Crippen molar-refractivity contribution in [2.45, 2.75) is 31.9 Å². The number of hydrogen-bond donors (Lipinski definition) is 1. The average Bonchev–Trinajstić information content (AvgIpc) is 2.41.